The number of benzene rings is 2. The van der Waals surface area contributed by atoms with Crippen molar-refractivity contribution >= 4 is 17.4 Å². The number of aromatic amines is 1. The third-order valence-electron chi connectivity index (χ3n) is 7.51. The zero-order chi connectivity index (χ0) is 27.5. The minimum atomic E-state index is -0.390. The standard InChI is InChI=1S/C30H31N7O3/c1-20-13-14-24(36-18-27(39-2)31-29(20)36)19-40-30(38)37(22-11-7-4-8-12-22)23-15-16-25(21-9-5-3-6-10-21)26(17-23)28-32-34-35-33-28/h3,5-6,9-10,13-18,22H,4,7-8,11-12,19H2,1-2H3,(H,32,33,34,35). The van der Waals surface area contributed by atoms with E-state index in [9.17, 15) is 4.79 Å². The Morgan fingerprint density at radius 1 is 1.05 bits per heavy atom. The van der Waals surface area contributed by atoms with Crippen molar-refractivity contribution in [2.75, 3.05) is 12.0 Å². The minimum absolute atomic E-state index is 0.0355. The van der Waals surface area contributed by atoms with Crippen LogP contribution in [-0.4, -0.2) is 49.3 Å². The van der Waals surface area contributed by atoms with Crippen LogP contribution < -0.4 is 9.64 Å². The van der Waals surface area contributed by atoms with Gasteiger partial charge in [0.25, 0.3) is 0 Å². The molecule has 0 spiro atoms. The van der Waals surface area contributed by atoms with Crippen LogP contribution >= 0.6 is 0 Å². The van der Waals surface area contributed by atoms with Gasteiger partial charge in [-0.2, -0.15) is 10.2 Å². The highest BCUT2D eigenvalue weighted by atomic mass is 16.6. The van der Waals surface area contributed by atoms with E-state index in [1.165, 1.54) is 6.42 Å². The Hall–Kier alpha value is -4.73. The lowest BCUT2D eigenvalue weighted by Gasteiger charge is -2.34. The van der Waals surface area contributed by atoms with E-state index >= 15 is 0 Å². The molecule has 2 aromatic carbocycles. The van der Waals surface area contributed by atoms with Crippen LogP contribution in [0, 0.1) is 6.92 Å². The summed E-state index contributed by atoms with van der Waals surface area (Å²) in [7, 11) is 1.59. The molecule has 0 radical (unpaired) electrons. The van der Waals surface area contributed by atoms with Crippen molar-refractivity contribution in [3.63, 3.8) is 0 Å². The average molecular weight is 538 g/mol. The number of imidazole rings is 1. The highest BCUT2D eigenvalue weighted by molar-refractivity contribution is 5.92. The molecule has 1 saturated carbocycles. The third kappa shape index (κ3) is 5.00. The number of aromatic nitrogens is 6. The number of fused-ring (bicyclic) bond motifs is 1. The van der Waals surface area contributed by atoms with E-state index in [0.29, 0.717) is 11.7 Å². The molecule has 1 N–H and O–H groups in total. The van der Waals surface area contributed by atoms with Gasteiger partial charge < -0.3 is 9.47 Å². The van der Waals surface area contributed by atoms with E-state index < -0.39 is 0 Å². The van der Waals surface area contributed by atoms with Crippen molar-refractivity contribution in [1.82, 2.24) is 30.0 Å². The Labute approximate surface area is 232 Å². The van der Waals surface area contributed by atoms with E-state index in [-0.39, 0.29) is 18.7 Å². The van der Waals surface area contributed by atoms with Gasteiger partial charge in [0.05, 0.1) is 19.0 Å². The molecule has 0 bridgehead atoms. The van der Waals surface area contributed by atoms with E-state index in [1.54, 1.807) is 12.0 Å². The van der Waals surface area contributed by atoms with Crippen LogP contribution in [-0.2, 0) is 11.3 Å². The van der Waals surface area contributed by atoms with Crippen molar-refractivity contribution in [3.8, 4) is 28.4 Å². The summed E-state index contributed by atoms with van der Waals surface area (Å²) < 4.78 is 13.2. The highest BCUT2D eigenvalue weighted by Crippen LogP contribution is 2.36. The Bertz CT molecular complexity index is 1610. The molecule has 40 heavy (non-hydrogen) atoms. The highest BCUT2D eigenvalue weighted by Gasteiger charge is 2.29. The molecule has 10 heteroatoms. The molecule has 3 aromatic heterocycles. The Kier molecular flexibility index (Phi) is 7.13. The molecule has 1 aliphatic carbocycles. The van der Waals surface area contributed by atoms with Crippen LogP contribution in [0.1, 0.15) is 43.4 Å². The molecule has 5 aromatic rings. The Morgan fingerprint density at radius 3 is 2.62 bits per heavy atom. The number of rotatable bonds is 7. The summed E-state index contributed by atoms with van der Waals surface area (Å²) >= 11 is 0. The fourth-order valence-electron chi connectivity index (χ4n) is 5.47. The summed E-state index contributed by atoms with van der Waals surface area (Å²) in [6.45, 7) is 2.08. The van der Waals surface area contributed by atoms with Crippen molar-refractivity contribution in [1.29, 1.82) is 0 Å². The maximum Gasteiger partial charge on any atom is 0.414 e. The number of carbonyl (C=O) groups excluding carboxylic acids is 1. The van der Waals surface area contributed by atoms with Gasteiger partial charge >= 0.3 is 6.09 Å². The predicted molar refractivity (Wildman–Crippen MR) is 151 cm³/mol. The van der Waals surface area contributed by atoms with Crippen molar-refractivity contribution < 1.29 is 14.3 Å². The van der Waals surface area contributed by atoms with Gasteiger partial charge in [-0.1, -0.05) is 61.7 Å². The number of pyridine rings is 1. The van der Waals surface area contributed by atoms with Gasteiger partial charge in [0, 0.05) is 17.3 Å². The third-order valence-corrected chi connectivity index (χ3v) is 7.51. The first-order valence-corrected chi connectivity index (χ1v) is 13.5. The second kappa shape index (κ2) is 11.2. The first kappa shape index (κ1) is 25.5. The van der Waals surface area contributed by atoms with Crippen LogP contribution in [0.15, 0.2) is 66.9 Å². The molecule has 1 fully saturated rings. The van der Waals surface area contributed by atoms with Crippen molar-refractivity contribution in [2.45, 2.75) is 51.7 Å². The number of carbonyl (C=O) groups is 1. The fourth-order valence-corrected chi connectivity index (χ4v) is 5.47. The van der Waals surface area contributed by atoms with Crippen LogP contribution in [0.5, 0.6) is 5.88 Å². The fraction of sp³-hybridized carbons (Fsp3) is 0.300. The van der Waals surface area contributed by atoms with E-state index in [4.69, 9.17) is 9.47 Å². The number of nitrogens with zero attached hydrogens (tertiary/aromatic N) is 6. The van der Waals surface area contributed by atoms with Gasteiger partial charge in [-0.3, -0.25) is 9.30 Å². The second-order valence-corrected chi connectivity index (χ2v) is 10.0. The van der Waals surface area contributed by atoms with Gasteiger partial charge in [0.2, 0.25) is 11.7 Å². The average Bonchev–Trinajstić information content (AvgIpc) is 3.69. The maximum atomic E-state index is 13.8. The van der Waals surface area contributed by atoms with Gasteiger partial charge in [-0.15, -0.1) is 10.2 Å². The molecule has 6 rings (SSSR count). The number of H-pyrrole nitrogens is 1. The van der Waals surface area contributed by atoms with Gasteiger partial charge in [-0.25, -0.2) is 4.79 Å². The molecule has 10 nitrogen and oxygen atoms in total. The molecule has 0 aliphatic heterocycles. The van der Waals surface area contributed by atoms with E-state index in [2.05, 4.69) is 25.6 Å². The summed E-state index contributed by atoms with van der Waals surface area (Å²) in [5, 5.41) is 14.8. The van der Waals surface area contributed by atoms with Crippen LogP contribution in [0.2, 0.25) is 0 Å². The zero-order valence-corrected chi connectivity index (χ0v) is 22.6. The first-order valence-electron chi connectivity index (χ1n) is 13.5. The molecule has 0 saturated heterocycles. The quantitative estimate of drug-likeness (QED) is 0.272. The van der Waals surface area contributed by atoms with Gasteiger partial charge in [0.15, 0.2) is 0 Å². The number of hydrogen-bond acceptors (Lipinski definition) is 7. The number of nitrogens with one attached hydrogen (secondary N) is 1. The Morgan fingerprint density at radius 2 is 1.88 bits per heavy atom. The maximum absolute atomic E-state index is 13.8. The molecule has 0 unspecified atom stereocenters. The normalized spacial score (nSPS) is 13.8. The lowest BCUT2D eigenvalue weighted by Crippen LogP contribution is -2.42. The molecule has 0 atom stereocenters. The topological polar surface area (TPSA) is 111 Å². The summed E-state index contributed by atoms with van der Waals surface area (Å²) in [6.07, 6.45) is 6.57. The number of methoxy groups -OCH3 is 1. The number of aryl methyl sites for hydroxylation is 1. The molecule has 3 heterocycles. The largest absolute Gasteiger partial charge is 0.480 e. The van der Waals surface area contributed by atoms with Crippen molar-refractivity contribution in [3.05, 3.63) is 78.1 Å². The van der Waals surface area contributed by atoms with Gasteiger partial charge in [-0.05, 0) is 59.9 Å². The smallest absolute Gasteiger partial charge is 0.414 e. The number of anilines is 1. The van der Waals surface area contributed by atoms with Crippen LogP contribution in [0.4, 0.5) is 10.5 Å². The number of hydrogen-bond donors (Lipinski definition) is 1. The molecule has 1 aliphatic rings. The molecular formula is C30H31N7O3. The van der Waals surface area contributed by atoms with Crippen LogP contribution in [0.3, 0.4) is 0 Å². The van der Waals surface area contributed by atoms with Gasteiger partial charge in [0.1, 0.15) is 12.3 Å². The molecular weight excluding hydrogens is 506 g/mol. The monoisotopic (exact) mass is 537 g/mol. The zero-order valence-electron chi connectivity index (χ0n) is 22.6. The summed E-state index contributed by atoms with van der Waals surface area (Å²) in [4.78, 5) is 20.2. The number of amides is 1. The van der Waals surface area contributed by atoms with E-state index in [0.717, 1.165) is 65.0 Å². The lowest BCUT2D eigenvalue weighted by atomic mass is 9.93. The summed E-state index contributed by atoms with van der Waals surface area (Å²) in [5.74, 6) is 0.979. The van der Waals surface area contributed by atoms with Crippen molar-refractivity contribution in [2.24, 2.45) is 0 Å². The molecule has 1 amide bonds. The number of tetrazole rings is 1. The Balaban J connectivity index is 1.35. The SMILES string of the molecule is COc1cn2c(COC(=O)N(c3ccc(-c4ccccc4)c(-c4nn[nH]n4)c3)C3CCCCC3)ccc(C)c2n1. The predicted octanol–water partition coefficient (Wildman–Crippen LogP) is 5.97. The summed E-state index contributed by atoms with van der Waals surface area (Å²) in [6, 6.07) is 20.0. The molecule has 204 valence electrons. The van der Waals surface area contributed by atoms with E-state index in [1.807, 2.05) is 78.2 Å². The van der Waals surface area contributed by atoms with Crippen LogP contribution in [0.25, 0.3) is 28.2 Å². The second-order valence-electron chi connectivity index (χ2n) is 10.0. The lowest BCUT2D eigenvalue weighted by molar-refractivity contribution is 0.141. The minimum Gasteiger partial charge on any atom is -0.480 e. The first-order chi connectivity index (χ1) is 19.6. The number of ether oxygens (including phenoxy) is 2. The summed E-state index contributed by atoms with van der Waals surface area (Å²) in [5.41, 5.74) is 6.11.